The molecule has 0 aliphatic carbocycles. The summed E-state index contributed by atoms with van der Waals surface area (Å²) in [5.74, 6) is 0. The first-order valence-corrected chi connectivity index (χ1v) is 7.22. The summed E-state index contributed by atoms with van der Waals surface area (Å²) in [5, 5.41) is 3.79. The normalized spacial score (nSPS) is 16.0. The smallest absolute Gasteiger partial charge is 0.364 e. The van der Waals surface area contributed by atoms with Crippen molar-refractivity contribution in [1.82, 2.24) is 0 Å². The Bertz CT molecular complexity index is 653. The number of ether oxygens (including phenoxy) is 1. The van der Waals surface area contributed by atoms with Crippen molar-refractivity contribution in [3.05, 3.63) is 42.0 Å². The van der Waals surface area contributed by atoms with Crippen LogP contribution >= 0.6 is 0 Å². The predicted molar refractivity (Wildman–Crippen MR) is 68.9 cm³/mol. The summed E-state index contributed by atoms with van der Waals surface area (Å²) in [4.78, 5) is 0. The topological polar surface area (TPSA) is 83.8 Å². The number of halogens is 5. The first-order chi connectivity index (χ1) is 10.3. The molecule has 1 rings (SSSR count). The minimum absolute atomic E-state index is 0.337. The highest BCUT2D eigenvalue weighted by molar-refractivity contribution is 7.86. The second-order valence-electron chi connectivity index (χ2n) is 4.32. The molecular weight excluding hydrogens is 351 g/mol. The number of hydrogen-bond acceptors (Lipinski definition) is 4. The van der Waals surface area contributed by atoms with Gasteiger partial charge in [-0.15, -0.1) is 0 Å². The molecule has 2 atom stereocenters. The summed E-state index contributed by atoms with van der Waals surface area (Å²) in [7, 11) is -6.43. The largest absolute Gasteiger partial charge is 0.421 e. The molecule has 0 bridgehead atoms. The zero-order chi connectivity index (χ0) is 18.1. The van der Waals surface area contributed by atoms with Crippen LogP contribution in [0.5, 0.6) is 0 Å². The number of alkyl halides is 5. The van der Waals surface area contributed by atoms with E-state index >= 15 is 0 Å². The molecule has 0 aliphatic heterocycles. The molecule has 1 aromatic rings. The molecular formula is C12H11F5O5S. The molecule has 0 heterocycles. The van der Waals surface area contributed by atoms with Crippen LogP contribution in [0.1, 0.15) is 17.4 Å². The maximum Gasteiger partial charge on any atom is 0.421 e. The molecule has 0 saturated heterocycles. The van der Waals surface area contributed by atoms with Gasteiger partial charge >= 0.3 is 21.5 Å². The summed E-state index contributed by atoms with van der Waals surface area (Å²) in [6, 6.07) is 4.75. The highest BCUT2D eigenvalue weighted by Gasteiger charge is 2.65. The van der Waals surface area contributed by atoms with E-state index in [-0.39, 0.29) is 5.56 Å². The molecule has 2 N–H and O–H groups in total. The van der Waals surface area contributed by atoms with E-state index in [0.29, 0.717) is 5.56 Å². The van der Waals surface area contributed by atoms with E-state index in [9.17, 15) is 35.5 Å². The van der Waals surface area contributed by atoms with Gasteiger partial charge in [-0.05, 0) is 5.56 Å². The van der Waals surface area contributed by atoms with E-state index < -0.39 is 33.9 Å². The summed E-state index contributed by atoms with van der Waals surface area (Å²) in [6.45, 7) is 3.41. The number of aliphatic hydroxyl groups is 1. The van der Waals surface area contributed by atoms with Gasteiger partial charge in [-0.25, -0.2) is 0 Å². The van der Waals surface area contributed by atoms with Crippen molar-refractivity contribution in [3.8, 4) is 0 Å². The zero-order valence-electron chi connectivity index (χ0n) is 11.2. The summed E-state index contributed by atoms with van der Waals surface area (Å²) >= 11 is 0. The fourth-order valence-electron chi connectivity index (χ4n) is 1.49. The van der Waals surface area contributed by atoms with Crippen LogP contribution in [0.2, 0.25) is 0 Å². The van der Waals surface area contributed by atoms with E-state index in [1.807, 2.05) is 0 Å². The molecule has 23 heavy (non-hydrogen) atoms. The van der Waals surface area contributed by atoms with Crippen LogP contribution in [-0.4, -0.2) is 35.6 Å². The van der Waals surface area contributed by atoms with Crippen LogP contribution < -0.4 is 0 Å². The van der Waals surface area contributed by atoms with Crippen molar-refractivity contribution in [2.45, 2.75) is 23.8 Å². The van der Waals surface area contributed by atoms with Crippen molar-refractivity contribution in [1.29, 1.82) is 0 Å². The number of hydrogen-bond donors (Lipinski definition) is 2. The molecule has 0 aromatic heterocycles. The van der Waals surface area contributed by atoms with Gasteiger partial charge in [0.25, 0.3) is 0 Å². The molecule has 5 nitrogen and oxygen atoms in total. The van der Waals surface area contributed by atoms with Crippen molar-refractivity contribution in [2.75, 3.05) is 0 Å². The van der Waals surface area contributed by atoms with Gasteiger partial charge < -0.3 is 9.84 Å². The first-order valence-electron chi connectivity index (χ1n) is 5.78. The lowest BCUT2D eigenvalue weighted by molar-refractivity contribution is -0.303. The Morgan fingerprint density at radius 2 is 1.61 bits per heavy atom. The van der Waals surface area contributed by atoms with Gasteiger partial charge in [0.15, 0.2) is 6.29 Å². The summed E-state index contributed by atoms with van der Waals surface area (Å²) in [6.07, 6.45) is -11.3. The Hall–Kier alpha value is -1.56. The molecule has 0 fully saturated rings. The van der Waals surface area contributed by atoms with Crippen molar-refractivity contribution in [2.24, 2.45) is 0 Å². The molecule has 1 aromatic carbocycles. The van der Waals surface area contributed by atoms with Crippen molar-refractivity contribution >= 4 is 16.2 Å². The van der Waals surface area contributed by atoms with Gasteiger partial charge in [0.1, 0.15) is 0 Å². The highest BCUT2D eigenvalue weighted by atomic mass is 32.2. The highest BCUT2D eigenvalue weighted by Crippen LogP contribution is 2.40. The Morgan fingerprint density at radius 1 is 1.13 bits per heavy atom. The fourth-order valence-corrected chi connectivity index (χ4v) is 1.95. The van der Waals surface area contributed by atoms with E-state index in [1.54, 1.807) is 0 Å². The average molecular weight is 362 g/mol. The number of aliphatic hydroxyl groups excluding tert-OH is 1. The van der Waals surface area contributed by atoms with Gasteiger partial charge in [-0.2, -0.15) is 30.4 Å². The number of rotatable bonds is 6. The van der Waals surface area contributed by atoms with Crippen LogP contribution in [0.4, 0.5) is 22.0 Å². The minimum Gasteiger partial charge on any atom is -0.364 e. The Labute approximate surface area is 127 Å². The third-order valence-corrected chi connectivity index (χ3v) is 3.57. The summed E-state index contributed by atoms with van der Waals surface area (Å²) in [5.41, 5.74) is 0.188. The van der Waals surface area contributed by atoms with Crippen LogP contribution in [0.25, 0.3) is 6.08 Å². The standard InChI is InChI=1S/C12H11F5O5S/c1-2-7-3-5-8(6-4-7)9(18)22-10(11(13,14)15)12(16,17)23(19,20)21/h2-6,9-10,18H,1H2,(H,19,20,21). The van der Waals surface area contributed by atoms with E-state index in [4.69, 9.17) is 4.55 Å². The third-order valence-electron chi connectivity index (χ3n) is 2.67. The fraction of sp³-hybridized carbons (Fsp3) is 0.333. The maximum atomic E-state index is 13.3. The molecule has 0 saturated carbocycles. The second-order valence-corrected chi connectivity index (χ2v) is 5.81. The molecule has 0 spiro atoms. The second kappa shape index (κ2) is 6.51. The monoisotopic (exact) mass is 362 g/mol. The van der Waals surface area contributed by atoms with Gasteiger partial charge in [0.05, 0.1) is 0 Å². The third kappa shape index (κ3) is 4.47. The molecule has 0 radical (unpaired) electrons. The van der Waals surface area contributed by atoms with E-state index in [1.165, 1.54) is 18.2 Å². The van der Waals surface area contributed by atoms with Crippen LogP contribution in [0.15, 0.2) is 30.8 Å². The Balaban J connectivity index is 3.13. The SMILES string of the molecule is C=Cc1ccc(C(O)OC(C(F)(F)F)C(F)(F)S(=O)(=O)O)cc1. The molecule has 2 unspecified atom stereocenters. The lowest BCUT2D eigenvalue weighted by Crippen LogP contribution is -2.51. The molecule has 130 valence electrons. The van der Waals surface area contributed by atoms with E-state index in [2.05, 4.69) is 11.3 Å². The van der Waals surface area contributed by atoms with Crippen molar-refractivity contribution in [3.63, 3.8) is 0 Å². The lowest BCUT2D eigenvalue weighted by atomic mass is 10.1. The van der Waals surface area contributed by atoms with Crippen LogP contribution in [0, 0.1) is 0 Å². The molecule has 11 heteroatoms. The van der Waals surface area contributed by atoms with Crippen LogP contribution in [0.3, 0.4) is 0 Å². The lowest BCUT2D eigenvalue weighted by Gasteiger charge is -2.28. The Morgan fingerprint density at radius 3 is 1.96 bits per heavy atom. The van der Waals surface area contributed by atoms with Gasteiger partial charge in [-0.3, -0.25) is 4.55 Å². The van der Waals surface area contributed by atoms with Crippen molar-refractivity contribution < 1.29 is 44.8 Å². The molecule has 0 amide bonds. The van der Waals surface area contributed by atoms with Gasteiger partial charge in [0.2, 0.25) is 6.10 Å². The first kappa shape index (κ1) is 19.5. The predicted octanol–water partition coefficient (Wildman–Crippen LogP) is 2.75. The number of benzene rings is 1. The molecule has 0 aliphatic rings. The van der Waals surface area contributed by atoms with Gasteiger partial charge in [-0.1, -0.05) is 36.9 Å². The Kier molecular flexibility index (Phi) is 5.52. The average Bonchev–Trinajstić information content (AvgIpc) is 2.41. The van der Waals surface area contributed by atoms with Gasteiger partial charge in [0, 0.05) is 5.56 Å². The summed E-state index contributed by atoms with van der Waals surface area (Å²) < 4.78 is 97.5. The van der Waals surface area contributed by atoms with Crippen LogP contribution in [-0.2, 0) is 14.9 Å². The quantitative estimate of drug-likeness (QED) is 0.462. The minimum atomic E-state index is -6.43. The zero-order valence-corrected chi connectivity index (χ0v) is 12.0. The van der Waals surface area contributed by atoms with E-state index in [0.717, 1.165) is 12.1 Å². The maximum absolute atomic E-state index is 13.3.